The van der Waals surface area contributed by atoms with Gasteiger partial charge in [-0.1, -0.05) is 28.1 Å². The fourth-order valence-electron chi connectivity index (χ4n) is 1.45. The van der Waals surface area contributed by atoms with Gasteiger partial charge in [-0.25, -0.2) is 4.68 Å². The van der Waals surface area contributed by atoms with Gasteiger partial charge >= 0.3 is 6.01 Å². The summed E-state index contributed by atoms with van der Waals surface area (Å²) in [5.74, 6) is 0.355. The Bertz CT molecular complexity index is 512. The Morgan fingerprint density at radius 3 is 3.00 bits per heavy atom. The zero-order valence-corrected chi connectivity index (χ0v) is 11.0. The number of aromatic nitrogens is 3. The second kappa shape index (κ2) is 5.18. The number of anilines is 1. The summed E-state index contributed by atoms with van der Waals surface area (Å²) in [5, 5.41) is 4.17. The molecule has 5 nitrogen and oxygen atoms in total. The van der Waals surface area contributed by atoms with E-state index in [4.69, 9.17) is 10.5 Å². The maximum Gasteiger partial charge on any atom is 0.337 e. The number of hydrogen-bond acceptors (Lipinski definition) is 4. The van der Waals surface area contributed by atoms with E-state index in [2.05, 4.69) is 26.0 Å². The number of nitrogens with zero attached hydrogens (tertiary/aromatic N) is 3. The molecule has 6 heteroatoms. The van der Waals surface area contributed by atoms with Gasteiger partial charge in [0.2, 0.25) is 5.95 Å². The van der Waals surface area contributed by atoms with Crippen molar-refractivity contribution in [3.63, 3.8) is 0 Å². The first kappa shape index (κ1) is 11.9. The van der Waals surface area contributed by atoms with Gasteiger partial charge in [-0.15, -0.1) is 5.10 Å². The minimum absolute atomic E-state index is 0.319. The molecule has 1 aromatic heterocycles. The molecule has 90 valence electrons. The monoisotopic (exact) mass is 296 g/mol. The predicted molar refractivity (Wildman–Crippen MR) is 68.8 cm³/mol. The van der Waals surface area contributed by atoms with Crippen LogP contribution in [0.5, 0.6) is 6.01 Å². The van der Waals surface area contributed by atoms with Crippen molar-refractivity contribution in [2.24, 2.45) is 0 Å². The van der Waals surface area contributed by atoms with Crippen molar-refractivity contribution >= 4 is 21.9 Å². The van der Waals surface area contributed by atoms with Crippen LogP contribution in [-0.4, -0.2) is 21.4 Å². The van der Waals surface area contributed by atoms with Crippen LogP contribution in [0.25, 0.3) is 0 Å². The van der Waals surface area contributed by atoms with Crippen LogP contribution in [0, 0.1) is 0 Å². The van der Waals surface area contributed by atoms with Gasteiger partial charge in [0.15, 0.2) is 0 Å². The van der Waals surface area contributed by atoms with Crippen molar-refractivity contribution < 1.29 is 4.74 Å². The molecule has 0 spiro atoms. The highest BCUT2D eigenvalue weighted by atomic mass is 79.9. The van der Waals surface area contributed by atoms with Crippen LogP contribution < -0.4 is 10.5 Å². The third-order valence-electron chi connectivity index (χ3n) is 2.18. The van der Waals surface area contributed by atoms with E-state index in [1.807, 2.05) is 31.2 Å². The quantitative estimate of drug-likeness (QED) is 0.938. The molecule has 0 amide bonds. The summed E-state index contributed by atoms with van der Waals surface area (Å²) in [6.45, 7) is 2.98. The minimum atomic E-state index is 0.319. The summed E-state index contributed by atoms with van der Waals surface area (Å²) < 4.78 is 7.84. The Kier molecular flexibility index (Phi) is 3.63. The molecule has 0 bridgehead atoms. The average molecular weight is 297 g/mol. The van der Waals surface area contributed by atoms with Crippen molar-refractivity contribution in [1.29, 1.82) is 0 Å². The summed E-state index contributed by atoms with van der Waals surface area (Å²) in [4.78, 5) is 4.01. The number of ether oxygens (including phenoxy) is 1. The van der Waals surface area contributed by atoms with Gasteiger partial charge in [0.1, 0.15) is 0 Å². The molecule has 0 fully saturated rings. The van der Waals surface area contributed by atoms with Gasteiger partial charge < -0.3 is 10.5 Å². The van der Waals surface area contributed by atoms with E-state index in [1.165, 1.54) is 0 Å². The van der Waals surface area contributed by atoms with E-state index in [9.17, 15) is 0 Å². The zero-order chi connectivity index (χ0) is 12.3. The van der Waals surface area contributed by atoms with E-state index in [-0.39, 0.29) is 0 Å². The number of nitrogens with two attached hydrogens (primary N) is 1. The lowest BCUT2D eigenvalue weighted by molar-refractivity contribution is 0.311. The van der Waals surface area contributed by atoms with E-state index in [1.54, 1.807) is 4.68 Å². The third-order valence-corrected chi connectivity index (χ3v) is 2.67. The highest BCUT2D eigenvalue weighted by Crippen LogP contribution is 2.15. The van der Waals surface area contributed by atoms with Crippen molar-refractivity contribution in [3.8, 4) is 6.01 Å². The second-order valence-corrected chi connectivity index (χ2v) is 4.39. The molecule has 2 rings (SSSR count). The maximum atomic E-state index is 5.76. The van der Waals surface area contributed by atoms with Crippen LogP contribution in [0.1, 0.15) is 12.5 Å². The SMILES string of the molecule is CCOc1nc(N)n(Cc2cccc(Br)c2)n1. The lowest BCUT2D eigenvalue weighted by Crippen LogP contribution is -2.06. The minimum Gasteiger partial charge on any atom is -0.463 e. The van der Waals surface area contributed by atoms with E-state index in [0.29, 0.717) is 25.1 Å². The van der Waals surface area contributed by atoms with E-state index >= 15 is 0 Å². The van der Waals surface area contributed by atoms with Crippen molar-refractivity contribution in [2.45, 2.75) is 13.5 Å². The molecule has 2 aromatic rings. The average Bonchev–Trinajstić information content (AvgIpc) is 2.60. The van der Waals surface area contributed by atoms with Crippen LogP contribution in [0.2, 0.25) is 0 Å². The Hall–Kier alpha value is -1.56. The van der Waals surface area contributed by atoms with E-state index < -0.39 is 0 Å². The topological polar surface area (TPSA) is 66.0 Å². The van der Waals surface area contributed by atoms with Gasteiger partial charge in [-0.2, -0.15) is 4.98 Å². The molecule has 0 aliphatic rings. The first-order valence-corrected chi connectivity index (χ1v) is 6.06. The van der Waals surface area contributed by atoms with Gasteiger partial charge in [0.25, 0.3) is 0 Å². The largest absolute Gasteiger partial charge is 0.463 e. The molecule has 0 saturated carbocycles. The van der Waals surface area contributed by atoms with Crippen molar-refractivity contribution in [1.82, 2.24) is 14.8 Å². The van der Waals surface area contributed by atoms with E-state index in [0.717, 1.165) is 10.0 Å². The number of rotatable bonds is 4. The van der Waals surface area contributed by atoms with Gasteiger partial charge in [0.05, 0.1) is 13.2 Å². The summed E-state index contributed by atoms with van der Waals surface area (Å²) in [7, 11) is 0. The molecule has 0 atom stereocenters. The molecule has 17 heavy (non-hydrogen) atoms. The highest BCUT2D eigenvalue weighted by molar-refractivity contribution is 9.10. The lowest BCUT2D eigenvalue weighted by Gasteiger charge is -2.03. The fourth-order valence-corrected chi connectivity index (χ4v) is 1.89. The highest BCUT2D eigenvalue weighted by Gasteiger charge is 2.07. The Morgan fingerprint density at radius 2 is 2.29 bits per heavy atom. The normalized spacial score (nSPS) is 10.5. The van der Waals surface area contributed by atoms with Gasteiger partial charge in [-0.3, -0.25) is 0 Å². The van der Waals surface area contributed by atoms with Crippen LogP contribution in [0.4, 0.5) is 5.95 Å². The maximum absolute atomic E-state index is 5.76. The molecule has 1 aromatic carbocycles. The first-order valence-electron chi connectivity index (χ1n) is 5.26. The first-order chi connectivity index (χ1) is 8.19. The molecule has 0 unspecified atom stereocenters. The summed E-state index contributed by atoms with van der Waals surface area (Å²) in [5.41, 5.74) is 6.85. The molecule has 0 saturated heterocycles. The molecule has 0 radical (unpaired) electrons. The number of halogens is 1. The standard InChI is InChI=1S/C11H13BrN4O/c1-2-17-11-14-10(13)16(15-11)7-8-4-3-5-9(12)6-8/h3-6H,2,7H2,1H3,(H2,13,14,15). The fraction of sp³-hybridized carbons (Fsp3) is 0.273. The van der Waals surface area contributed by atoms with Crippen LogP contribution >= 0.6 is 15.9 Å². The molecule has 0 aliphatic heterocycles. The van der Waals surface area contributed by atoms with Crippen LogP contribution in [0.15, 0.2) is 28.7 Å². The number of benzene rings is 1. The summed E-state index contributed by atoms with van der Waals surface area (Å²) >= 11 is 3.42. The lowest BCUT2D eigenvalue weighted by atomic mass is 10.2. The molecular weight excluding hydrogens is 284 g/mol. The van der Waals surface area contributed by atoms with Crippen LogP contribution in [-0.2, 0) is 6.54 Å². The van der Waals surface area contributed by atoms with Gasteiger partial charge in [-0.05, 0) is 24.6 Å². The smallest absolute Gasteiger partial charge is 0.337 e. The summed E-state index contributed by atoms with van der Waals surface area (Å²) in [6, 6.07) is 8.28. The Labute approximate surface area is 108 Å². The molecule has 1 heterocycles. The third kappa shape index (κ3) is 2.97. The number of hydrogen-bond donors (Lipinski definition) is 1. The zero-order valence-electron chi connectivity index (χ0n) is 9.43. The Morgan fingerprint density at radius 1 is 1.47 bits per heavy atom. The van der Waals surface area contributed by atoms with Crippen molar-refractivity contribution in [3.05, 3.63) is 34.3 Å². The summed E-state index contributed by atoms with van der Waals surface area (Å²) in [6.07, 6.45) is 0. The molecule has 2 N–H and O–H groups in total. The number of nitrogen functional groups attached to an aromatic ring is 1. The van der Waals surface area contributed by atoms with Crippen molar-refractivity contribution in [2.75, 3.05) is 12.3 Å². The van der Waals surface area contributed by atoms with Crippen LogP contribution in [0.3, 0.4) is 0 Å². The second-order valence-electron chi connectivity index (χ2n) is 3.47. The molecule has 0 aliphatic carbocycles. The Balaban J connectivity index is 2.18. The predicted octanol–water partition coefficient (Wildman–Crippen LogP) is 2.07. The van der Waals surface area contributed by atoms with Gasteiger partial charge in [0, 0.05) is 4.47 Å². The molecular formula is C11H13BrN4O.